The molecule has 1 aliphatic heterocycles. The molecule has 3 rings (SSSR count). The summed E-state index contributed by atoms with van der Waals surface area (Å²) in [6.07, 6.45) is 0.306. The van der Waals surface area contributed by atoms with Crippen molar-refractivity contribution in [3.8, 4) is 5.75 Å². The van der Waals surface area contributed by atoms with E-state index in [0.29, 0.717) is 36.5 Å². The maximum absolute atomic E-state index is 14.2. The number of ether oxygens (including phenoxy) is 1. The molecular weight excluding hydrogens is 498 g/mol. The summed E-state index contributed by atoms with van der Waals surface area (Å²) in [6.45, 7) is 8.26. The van der Waals surface area contributed by atoms with Crippen molar-refractivity contribution in [1.29, 1.82) is 0 Å². The Morgan fingerprint density at radius 3 is 2.53 bits per heavy atom. The van der Waals surface area contributed by atoms with Gasteiger partial charge in [-0.15, -0.1) is 0 Å². The molecule has 2 aromatic rings. The molecule has 1 fully saturated rings. The fourth-order valence-corrected chi connectivity index (χ4v) is 3.81. The van der Waals surface area contributed by atoms with E-state index in [4.69, 9.17) is 4.74 Å². The smallest absolute Gasteiger partial charge is 0.268 e. The van der Waals surface area contributed by atoms with Crippen molar-refractivity contribution in [3.63, 3.8) is 0 Å². The number of amides is 2. The van der Waals surface area contributed by atoms with Gasteiger partial charge in [0.05, 0.1) is 0 Å². The summed E-state index contributed by atoms with van der Waals surface area (Å²) in [5.74, 6) is -0.259. The zero-order valence-electron chi connectivity index (χ0n) is 17.0. The molecule has 158 valence electrons. The number of benzene rings is 2. The number of nitrogens with zero attached hydrogens (tertiary/aromatic N) is 2. The van der Waals surface area contributed by atoms with Gasteiger partial charge in [0.2, 0.25) is 12.0 Å². The maximum Gasteiger partial charge on any atom is 0.268 e. The molecule has 2 amide bonds. The van der Waals surface area contributed by atoms with E-state index in [1.54, 1.807) is 41.0 Å². The Labute approximate surface area is 189 Å². The first-order valence-electron chi connectivity index (χ1n) is 9.70. The number of carbonyl (C=O) groups excluding carboxylic acids is 2. The average molecular weight is 522 g/mol. The third-order valence-corrected chi connectivity index (χ3v) is 5.91. The molecule has 0 radical (unpaired) electrons. The van der Waals surface area contributed by atoms with E-state index in [1.807, 2.05) is 19.1 Å². The van der Waals surface area contributed by atoms with Crippen LogP contribution in [-0.4, -0.2) is 47.3 Å². The van der Waals surface area contributed by atoms with Crippen molar-refractivity contribution < 1.29 is 18.7 Å². The van der Waals surface area contributed by atoms with E-state index in [2.05, 4.69) is 29.2 Å². The monoisotopic (exact) mass is 522 g/mol. The number of rotatable bonds is 5. The molecule has 0 saturated carbocycles. The topological polar surface area (TPSA) is 49.9 Å². The minimum Gasteiger partial charge on any atom is -0.476 e. The molecule has 0 bridgehead atoms. The van der Waals surface area contributed by atoms with Crippen LogP contribution in [0.3, 0.4) is 0 Å². The third-order valence-electron chi connectivity index (χ3n) is 5.19. The molecule has 5 nitrogen and oxygen atoms in total. The molecule has 2 aromatic carbocycles. The summed E-state index contributed by atoms with van der Waals surface area (Å²) in [5.41, 5.74) is 0.961. The van der Waals surface area contributed by atoms with Crippen LogP contribution in [0, 0.1) is 16.3 Å². The van der Waals surface area contributed by atoms with Gasteiger partial charge in [-0.05, 0) is 78.4 Å². The van der Waals surface area contributed by atoms with Gasteiger partial charge in [0.15, 0.2) is 0 Å². The van der Waals surface area contributed by atoms with Crippen LogP contribution >= 0.6 is 22.6 Å². The van der Waals surface area contributed by atoms with Gasteiger partial charge in [0.25, 0.3) is 5.91 Å². The second-order valence-corrected chi connectivity index (χ2v) is 8.58. The van der Waals surface area contributed by atoms with Gasteiger partial charge in [0.1, 0.15) is 11.6 Å². The minimum atomic E-state index is -0.978. The summed E-state index contributed by atoms with van der Waals surface area (Å²) >= 11 is 2.19. The van der Waals surface area contributed by atoms with Crippen LogP contribution in [0.25, 0.3) is 0 Å². The predicted octanol–water partition coefficient (Wildman–Crippen LogP) is 4.10. The third kappa shape index (κ3) is 5.00. The number of halogens is 2. The van der Waals surface area contributed by atoms with Crippen LogP contribution in [0.5, 0.6) is 5.75 Å². The van der Waals surface area contributed by atoms with Gasteiger partial charge in [-0.1, -0.05) is 18.7 Å². The Morgan fingerprint density at radius 2 is 1.93 bits per heavy atom. The van der Waals surface area contributed by atoms with Crippen LogP contribution in [0.2, 0.25) is 0 Å². The lowest BCUT2D eigenvalue weighted by molar-refractivity contribution is -0.145. The zero-order valence-corrected chi connectivity index (χ0v) is 19.1. The van der Waals surface area contributed by atoms with Gasteiger partial charge in [-0.2, -0.15) is 0 Å². The Bertz CT molecular complexity index is 948. The van der Waals surface area contributed by atoms with Crippen LogP contribution in [0.15, 0.2) is 55.1 Å². The molecular formula is C23H24FIN2O3. The number of hydrogen-bond acceptors (Lipinski definition) is 3. The van der Waals surface area contributed by atoms with Crippen molar-refractivity contribution in [3.05, 3.63) is 75.6 Å². The Hall–Kier alpha value is -2.42. The number of piperazine rings is 1. The van der Waals surface area contributed by atoms with E-state index < -0.39 is 6.10 Å². The van der Waals surface area contributed by atoms with E-state index >= 15 is 0 Å². The Balaban J connectivity index is 1.86. The standard InChI is InChI=1S/C23H24FIN2O3/c1-4-21(28)27-12-11-26(14-16(27)3)23(29)22(17-6-5-15(2)20(24)13-17)30-19-9-7-18(25)8-10-19/h4-10,13,16,22H,1,11-12,14H2,2-3H3/t16-,22+/m1/s1. The summed E-state index contributed by atoms with van der Waals surface area (Å²) in [5, 5.41) is 0. The fraction of sp³-hybridized carbons (Fsp3) is 0.304. The van der Waals surface area contributed by atoms with Crippen molar-refractivity contribution in [1.82, 2.24) is 9.80 Å². The van der Waals surface area contributed by atoms with Crippen LogP contribution in [-0.2, 0) is 9.59 Å². The molecule has 30 heavy (non-hydrogen) atoms. The molecule has 0 spiro atoms. The van der Waals surface area contributed by atoms with E-state index in [9.17, 15) is 14.0 Å². The molecule has 7 heteroatoms. The van der Waals surface area contributed by atoms with Gasteiger partial charge < -0.3 is 14.5 Å². The molecule has 2 atom stereocenters. The molecule has 1 aliphatic rings. The highest BCUT2D eigenvalue weighted by molar-refractivity contribution is 14.1. The number of carbonyl (C=O) groups is 2. The van der Waals surface area contributed by atoms with E-state index in [-0.39, 0.29) is 23.7 Å². The molecule has 0 aromatic heterocycles. The van der Waals surface area contributed by atoms with Gasteiger partial charge in [0, 0.05) is 34.8 Å². The highest BCUT2D eigenvalue weighted by Crippen LogP contribution is 2.27. The fourth-order valence-electron chi connectivity index (χ4n) is 3.45. The lowest BCUT2D eigenvalue weighted by Gasteiger charge is -2.40. The lowest BCUT2D eigenvalue weighted by Crippen LogP contribution is -2.56. The second-order valence-electron chi connectivity index (χ2n) is 7.33. The average Bonchev–Trinajstić information content (AvgIpc) is 2.74. The van der Waals surface area contributed by atoms with Crippen LogP contribution < -0.4 is 4.74 Å². The second kappa shape index (κ2) is 9.59. The highest BCUT2D eigenvalue weighted by Gasteiger charge is 2.34. The Kier molecular flexibility index (Phi) is 7.12. The van der Waals surface area contributed by atoms with Gasteiger partial charge >= 0.3 is 0 Å². The summed E-state index contributed by atoms with van der Waals surface area (Å²) in [7, 11) is 0. The molecule has 0 unspecified atom stereocenters. The van der Waals surface area contributed by atoms with Crippen molar-refractivity contribution >= 4 is 34.4 Å². The molecule has 0 N–H and O–H groups in total. The summed E-state index contributed by atoms with van der Waals surface area (Å²) in [6, 6.07) is 11.9. The largest absolute Gasteiger partial charge is 0.476 e. The molecule has 0 aliphatic carbocycles. The van der Waals surface area contributed by atoms with Gasteiger partial charge in [-0.3, -0.25) is 9.59 Å². The van der Waals surface area contributed by atoms with E-state index in [0.717, 1.165) is 3.57 Å². The zero-order chi connectivity index (χ0) is 21.8. The first-order chi connectivity index (χ1) is 14.3. The number of aryl methyl sites for hydroxylation is 1. The summed E-state index contributed by atoms with van der Waals surface area (Å²) < 4.78 is 21.3. The quantitative estimate of drug-likeness (QED) is 0.439. The van der Waals surface area contributed by atoms with Gasteiger partial charge in [-0.25, -0.2) is 4.39 Å². The lowest BCUT2D eigenvalue weighted by atomic mass is 10.0. The first kappa shape index (κ1) is 22.3. The predicted molar refractivity (Wildman–Crippen MR) is 122 cm³/mol. The maximum atomic E-state index is 14.2. The first-order valence-corrected chi connectivity index (χ1v) is 10.8. The van der Waals surface area contributed by atoms with E-state index in [1.165, 1.54) is 12.1 Å². The van der Waals surface area contributed by atoms with Crippen LogP contribution in [0.1, 0.15) is 24.2 Å². The van der Waals surface area contributed by atoms with Crippen molar-refractivity contribution in [2.45, 2.75) is 26.0 Å². The molecule has 1 heterocycles. The SMILES string of the molecule is C=CC(=O)N1CCN(C(=O)[C@@H](Oc2ccc(I)cc2)c2ccc(C)c(F)c2)C[C@H]1C. The normalized spacial score (nSPS) is 17.4. The molecule has 1 saturated heterocycles. The minimum absolute atomic E-state index is 0.151. The highest BCUT2D eigenvalue weighted by atomic mass is 127. The van der Waals surface area contributed by atoms with Crippen molar-refractivity contribution in [2.75, 3.05) is 19.6 Å². The Morgan fingerprint density at radius 1 is 1.23 bits per heavy atom. The van der Waals surface area contributed by atoms with Crippen molar-refractivity contribution in [2.24, 2.45) is 0 Å². The summed E-state index contributed by atoms with van der Waals surface area (Å²) in [4.78, 5) is 28.8. The number of hydrogen-bond donors (Lipinski definition) is 0. The van der Waals surface area contributed by atoms with Crippen LogP contribution in [0.4, 0.5) is 4.39 Å².